The minimum atomic E-state index is -3.82. The number of rotatable bonds is 7. The standard InChI is InChI=1S/C12H15N3O4S2/c1-8-7-20-10(12(16)17)11(8)21(18,19)15-4-2-3-9-13-5-6-14-9/h5-7,15H,2-4H2,1H3,(H,13,14)(H,16,17). The molecule has 0 aliphatic rings. The molecule has 114 valence electrons. The summed E-state index contributed by atoms with van der Waals surface area (Å²) in [6.07, 6.45) is 4.52. The quantitative estimate of drug-likeness (QED) is 0.665. The van der Waals surface area contributed by atoms with Gasteiger partial charge in [0.15, 0.2) is 0 Å². The molecule has 0 radical (unpaired) electrons. The summed E-state index contributed by atoms with van der Waals surface area (Å²) >= 11 is 0.915. The van der Waals surface area contributed by atoms with Crippen LogP contribution in [0.15, 0.2) is 22.7 Å². The number of carboxylic acid groups (broad SMARTS) is 1. The van der Waals surface area contributed by atoms with Gasteiger partial charge < -0.3 is 10.1 Å². The van der Waals surface area contributed by atoms with E-state index in [1.54, 1.807) is 19.3 Å². The number of carboxylic acids is 1. The van der Waals surface area contributed by atoms with Crippen molar-refractivity contribution < 1.29 is 18.3 Å². The molecule has 7 nitrogen and oxygen atoms in total. The topological polar surface area (TPSA) is 112 Å². The summed E-state index contributed by atoms with van der Waals surface area (Å²) in [5.41, 5.74) is 0.441. The second-order valence-corrected chi connectivity index (χ2v) is 7.00. The first kappa shape index (κ1) is 15.7. The third kappa shape index (κ3) is 3.69. The largest absolute Gasteiger partial charge is 0.477 e. The predicted octanol–water partition coefficient (Wildman–Crippen LogP) is 1.39. The average molecular weight is 329 g/mol. The van der Waals surface area contributed by atoms with Crippen LogP contribution in [-0.2, 0) is 16.4 Å². The zero-order valence-corrected chi connectivity index (χ0v) is 12.9. The number of nitrogens with one attached hydrogen (secondary N) is 2. The number of aromatic carboxylic acids is 1. The number of nitrogens with zero attached hydrogens (tertiary/aromatic N) is 1. The highest BCUT2D eigenvalue weighted by Gasteiger charge is 2.26. The Morgan fingerprint density at radius 1 is 1.52 bits per heavy atom. The Morgan fingerprint density at radius 3 is 2.90 bits per heavy atom. The number of carbonyl (C=O) groups is 1. The van der Waals surface area contributed by atoms with Gasteiger partial charge in [0, 0.05) is 25.4 Å². The molecule has 0 saturated carbocycles. The summed E-state index contributed by atoms with van der Waals surface area (Å²) in [6, 6.07) is 0. The lowest BCUT2D eigenvalue weighted by Crippen LogP contribution is -2.26. The van der Waals surface area contributed by atoms with Crippen LogP contribution < -0.4 is 4.72 Å². The molecule has 0 unspecified atom stereocenters. The van der Waals surface area contributed by atoms with Gasteiger partial charge >= 0.3 is 5.97 Å². The van der Waals surface area contributed by atoms with E-state index in [4.69, 9.17) is 5.11 Å². The van der Waals surface area contributed by atoms with Crippen LogP contribution in [0.25, 0.3) is 0 Å². The fourth-order valence-electron chi connectivity index (χ4n) is 1.88. The van der Waals surface area contributed by atoms with E-state index >= 15 is 0 Å². The van der Waals surface area contributed by atoms with Crippen molar-refractivity contribution in [2.75, 3.05) is 6.54 Å². The minimum Gasteiger partial charge on any atom is -0.477 e. The summed E-state index contributed by atoms with van der Waals surface area (Å²) in [5.74, 6) is -0.448. The molecule has 2 aromatic rings. The number of hydrogen-bond donors (Lipinski definition) is 3. The van der Waals surface area contributed by atoms with Crippen LogP contribution in [0, 0.1) is 6.92 Å². The number of H-pyrrole nitrogens is 1. The van der Waals surface area contributed by atoms with Crippen molar-refractivity contribution in [3.05, 3.63) is 34.0 Å². The Morgan fingerprint density at radius 2 is 2.29 bits per heavy atom. The second kappa shape index (κ2) is 6.37. The lowest BCUT2D eigenvalue weighted by Gasteiger charge is -2.07. The normalized spacial score (nSPS) is 11.7. The van der Waals surface area contributed by atoms with Gasteiger partial charge in [-0.3, -0.25) is 0 Å². The van der Waals surface area contributed by atoms with Crippen LogP contribution in [0.4, 0.5) is 0 Å². The van der Waals surface area contributed by atoms with E-state index in [-0.39, 0.29) is 16.3 Å². The maximum Gasteiger partial charge on any atom is 0.347 e. The number of aromatic amines is 1. The van der Waals surface area contributed by atoms with Gasteiger partial charge in [-0.15, -0.1) is 11.3 Å². The number of thiophene rings is 1. The highest BCUT2D eigenvalue weighted by Crippen LogP contribution is 2.26. The van der Waals surface area contributed by atoms with Crippen LogP contribution in [0.1, 0.15) is 27.5 Å². The van der Waals surface area contributed by atoms with Crippen LogP contribution in [-0.4, -0.2) is 36.0 Å². The summed E-state index contributed by atoms with van der Waals surface area (Å²) in [6.45, 7) is 1.80. The molecule has 0 saturated heterocycles. The molecule has 0 fully saturated rings. The van der Waals surface area contributed by atoms with Gasteiger partial charge in [-0.25, -0.2) is 22.9 Å². The Kier molecular flexibility index (Phi) is 4.76. The van der Waals surface area contributed by atoms with E-state index in [1.807, 2.05) is 0 Å². The van der Waals surface area contributed by atoms with Crippen LogP contribution >= 0.6 is 11.3 Å². The van der Waals surface area contributed by atoms with Gasteiger partial charge in [0.2, 0.25) is 10.0 Å². The van der Waals surface area contributed by atoms with Crippen molar-refractivity contribution >= 4 is 27.3 Å². The molecule has 0 atom stereocenters. The molecule has 0 aromatic carbocycles. The molecule has 9 heteroatoms. The fourth-order valence-corrected chi connectivity index (χ4v) is 4.59. The smallest absolute Gasteiger partial charge is 0.347 e. The van der Waals surface area contributed by atoms with Crippen molar-refractivity contribution in [3.8, 4) is 0 Å². The molecule has 0 aliphatic heterocycles. The summed E-state index contributed by atoms with van der Waals surface area (Å²) < 4.78 is 26.9. The van der Waals surface area contributed by atoms with Gasteiger partial charge in [0.05, 0.1) is 0 Å². The lowest BCUT2D eigenvalue weighted by atomic mass is 10.3. The molecule has 2 heterocycles. The number of aromatic nitrogens is 2. The Balaban J connectivity index is 2.02. The van der Waals surface area contributed by atoms with Crippen molar-refractivity contribution in [2.24, 2.45) is 0 Å². The summed E-state index contributed by atoms with van der Waals surface area (Å²) in [4.78, 5) is 17.7. The van der Waals surface area contributed by atoms with Crippen molar-refractivity contribution in [2.45, 2.75) is 24.7 Å². The molecule has 0 aliphatic carbocycles. The van der Waals surface area contributed by atoms with Crippen LogP contribution in [0.2, 0.25) is 0 Å². The Hall–Kier alpha value is -1.71. The van der Waals surface area contributed by atoms with Crippen LogP contribution in [0.5, 0.6) is 0 Å². The monoisotopic (exact) mass is 329 g/mol. The maximum atomic E-state index is 12.2. The molecular formula is C12H15N3O4S2. The highest BCUT2D eigenvalue weighted by atomic mass is 32.2. The molecule has 2 aromatic heterocycles. The van der Waals surface area contributed by atoms with Crippen LogP contribution in [0.3, 0.4) is 0 Å². The Labute approximate surface area is 126 Å². The van der Waals surface area contributed by atoms with Crippen molar-refractivity contribution in [1.29, 1.82) is 0 Å². The third-order valence-electron chi connectivity index (χ3n) is 2.82. The van der Waals surface area contributed by atoms with Gasteiger partial charge in [-0.05, 0) is 24.3 Å². The first-order valence-electron chi connectivity index (χ1n) is 6.21. The van der Waals surface area contributed by atoms with Gasteiger partial charge in [0.1, 0.15) is 15.6 Å². The van der Waals surface area contributed by atoms with Gasteiger partial charge in [-0.1, -0.05) is 0 Å². The van der Waals surface area contributed by atoms with Gasteiger partial charge in [0.25, 0.3) is 0 Å². The van der Waals surface area contributed by atoms with E-state index in [0.717, 1.165) is 17.2 Å². The number of imidazole rings is 1. The van der Waals surface area contributed by atoms with E-state index in [9.17, 15) is 13.2 Å². The van der Waals surface area contributed by atoms with Crippen molar-refractivity contribution in [1.82, 2.24) is 14.7 Å². The zero-order chi connectivity index (χ0) is 15.5. The fraction of sp³-hybridized carbons (Fsp3) is 0.333. The third-order valence-corrected chi connectivity index (χ3v) is 5.68. The Bertz CT molecular complexity index is 720. The molecule has 3 N–H and O–H groups in total. The van der Waals surface area contributed by atoms with E-state index < -0.39 is 16.0 Å². The first-order chi connectivity index (χ1) is 9.92. The average Bonchev–Trinajstić information content (AvgIpc) is 3.03. The minimum absolute atomic E-state index is 0.141. The number of hydrogen-bond acceptors (Lipinski definition) is 5. The van der Waals surface area contributed by atoms with E-state index in [2.05, 4.69) is 14.7 Å². The molecule has 0 spiro atoms. The first-order valence-corrected chi connectivity index (χ1v) is 8.57. The van der Waals surface area contributed by atoms with Gasteiger partial charge in [-0.2, -0.15) is 0 Å². The molecule has 21 heavy (non-hydrogen) atoms. The van der Waals surface area contributed by atoms with Crippen molar-refractivity contribution in [3.63, 3.8) is 0 Å². The molecule has 0 amide bonds. The summed E-state index contributed by atoms with van der Waals surface area (Å²) in [5, 5.41) is 10.6. The summed E-state index contributed by atoms with van der Waals surface area (Å²) in [7, 11) is -3.82. The highest BCUT2D eigenvalue weighted by molar-refractivity contribution is 7.89. The number of aryl methyl sites for hydroxylation is 2. The molecular weight excluding hydrogens is 314 g/mol. The van der Waals surface area contributed by atoms with E-state index in [0.29, 0.717) is 18.4 Å². The molecule has 0 bridgehead atoms. The molecule has 2 rings (SSSR count). The lowest BCUT2D eigenvalue weighted by molar-refractivity contribution is 0.0698. The zero-order valence-electron chi connectivity index (χ0n) is 11.3. The predicted molar refractivity (Wildman–Crippen MR) is 78.1 cm³/mol. The SMILES string of the molecule is Cc1csc(C(=O)O)c1S(=O)(=O)NCCCc1ncc[nH]1. The number of sulfonamides is 1. The maximum absolute atomic E-state index is 12.2. The van der Waals surface area contributed by atoms with E-state index in [1.165, 1.54) is 5.38 Å². The second-order valence-electron chi connectivity index (χ2n) is 4.42.